The maximum absolute atomic E-state index is 12.8. The van der Waals surface area contributed by atoms with Gasteiger partial charge in [-0.15, -0.1) is 0 Å². The van der Waals surface area contributed by atoms with Gasteiger partial charge in [-0.05, 0) is 46.6 Å². The second-order valence-corrected chi connectivity index (χ2v) is 7.93. The van der Waals surface area contributed by atoms with E-state index in [4.69, 9.17) is 0 Å². The smallest absolute Gasteiger partial charge is 0.272 e. The Morgan fingerprint density at radius 2 is 2.16 bits per heavy atom. The molecule has 1 saturated heterocycles. The van der Waals surface area contributed by atoms with Crippen LogP contribution in [0.4, 0.5) is 0 Å². The van der Waals surface area contributed by atoms with Crippen LogP contribution in [0.25, 0.3) is 10.9 Å². The third-order valence-electron chi connectivity index (χ3n) is 4.62. The molecule has 1 fully saturated rings. The van der Waals surface area contributed by atoms with Crippen LogP contribution in [0.3, 0.4) is 0 Å². The van der Waals surface area contributed by atoms with Crippen molar-refractivity contribution in [3.8, 4) is 0 Å². The van der Waals surface area contributed by atoms with E-state index in [0.29, 0.717) is 12.1 Å². The number of para-hydroxylation sites is 1. The molecule has 1 amide bonds. The summed E-state index contributed by atoms with van der Waals surface area (Å²) in [4.78, 5) is 12.8. The molecule has 0 saturated carbocycles. The van der Waals surface area contributed by atoms with Gasteiger partial charge in [0.2, 0.25) is 0 Å². The summed E-state index contributed by atoms with van der Waals surface area (Å²) in [5.74, 6) is -0.133. The molecule has 2 aromatic rings. The average Bonchev–Trinajstić information content (AvgIpc) is 3.09. The van der Waals surface area contributed by atoms with Gasteiger partial charge in [0.25, 0.3) is 5.91 Å². The highest BCUT2D eigenvalue weighted by atomic mass is 16.3. The fourth-order valence-corrected chi connectivity index (χ4v) is 3.59. The fraction of sp³-hybridized carbons (Fsp3) is 0.579. The van der Waals surface area contributed by atoms with Crippen LogP contribution in [0.5, 0.6) is 0 Å². The lowest BCUT2D eigenvalue weighted by Gasteiger charge is -2.21. The van der Waals surface area contributed by atoms with Crippen LogP contribution in [0, 0.1) is 0 Å². The van der Waals surface area contributed by atoms with Crippen LogP contribution >= 0.6 is 0 Å². The Morgan fingerprint density at radius 3 is 2.84 bits per heavy atom. The molecule has 6 heteroatoms. The number of aromatic nitrogens is 2. The van der Waals surface area contributed by atoms with Crippen molar-refractivity contribution in [3.63, 3.8) is 0 Å². The molecule has 2 heterocycles. The van der Waals surface area contributed by atoms with Gasteiger partial charge in [0.1, 0.15) is 0 Å². The Kier molecular flexibility index (Phi) is 4.84. The van der Waals surface area contributed by atoms with Gasteiger partial charge in [0, 0.05) is 30.1 Å². The van der Waals surface area contributed by atoms with Gasteiger partial charge in [-0.3, -0.25) is 9.48 Å². The number of nitrogens with zero attached hydrogens (tertiary/aromatic N) is 2. The summed E-state index contributed by atoms with van der Waals surface area (Å²) >= 11 is 0. The average molecular weight is 344 g/mol. The molecule has 3 N–H and O–H groups in total. The van der Waals surface area contributed by atoms with E-state index in [1.54, 1.807) is 0 Å². The van der Waals surface area contributed by atoms with E-state index >= 15 is 0 Å². The number of carbonyl (C=O) groups is 1. The molecule has 0 radical (unpaired) electrons. The normalized spacial score (nSPS) is 21.2. The number of benzene rings is 1. The van der Waals surface area contributed by atoms with Crippen LogP contribution in [0.2, 0.25) is 0 Å². The molecular weight excluding hydrogens is 316 g/mol. The minimum absolute atomic E-state index is 0.0582. The second-order valence-electron chi connectivity index (χ2n) is 7.93. The fourth-order valence-electron chi connectivity index (χ4n) is 3.59. The van der Waals surface area contributed by atoms with Crippen LogP contribution < -0.4 is 10.6 Å². The molecule has 0 spiro atoms. The number of hydrogen-bond donors (Lipinski definition) is 3. The zero-order chi connectivity index (χ0) is 18.2. The van der Waals surface area contributed by atoms with Crippen molar-refractivity contribution in [2.24, 2.45) is 0 Å². The summed E-state index contributed by atoms with van der Waals surface area (Å²) < 4.78 is 1.90. The first-order valence-electron chi connectivity index (χ1n) is 8.98. The summed E-state index contributed by atoms with van der Waals surface area (Å²) in [6, 6.07) is 8.30. The van der Waals surface area contributed by atoms with Crippen molar-refractivity contribution >= 4 is 16.8 Å². The Hall–Kier alpha value is -1.92. The highest BCUT2D eigenvalue weighted by Gasteiger charge is 2.30. The van der Waals surface area contributed by atoms with E-state index in [2.05, 4.69) is 29.6 Å². The first kappa shape index (κ1) is 17.9. The largest absolute Gasteiger partial charge is 0.390 e. The van der Waals surface area contributed by atoms with E-state index in [0.717, 1.165) is 23.9 Å². The zero-order valence-corrected chi connectivity index (χ0v) is 15.4. The predicted molar refractivity (Wildman–Crippen MR) is 98.7 cm³/mol. The van der Waals surface area contributed by atoms with Gasteiger partial charge in [-0.1, -0.05) is 18.2 Å². The summed E-state index contributed by atoms with van der Waals surface area (Å²) in [5, 5.41) is 21.9. The van der Waals surface area contributed by atoms with Gasteiger partial charge in [-0.25, -0.2) is 0 Å². The molecule has 3 rings (SSSR count). The Bertz CT molecular complexity index is 760. The lowest BCUT2D eigenvalue weighted by atomic mass is 9.97. The number of amides is 1. The predicted octanol–water partition coefficient (Wildman–Crippen LogP) is 2.24. The Labute approximate surface area is 148 Å². The summed E-state index contributed by atoms with van der Waals surface area (Å²) in [6.45, 7) is 8.46. The van der Waals surface area contributed by atoms with Crippen molar-refractivity contribution in [1.82, 2.24) is 20.4 Å². The van der Waals surface area contributed by atoms with Crippen molar-refractivity contribution in [3.05, 3.63) is 30.0 Å². The summed E-state index contributed by atoms with van der Waals surface area (Å²) in [7, 11) is 0. The lowest BCUT2D eigenvalue weighted by molar-refractivity contribution is 0.0612. The van der Waals surface area contributed by atoms with Crippen molar-refractivity contribution in [2.45, 2.75) is 64.3 Å². The first-order chi connectivity index (χ1) is 11.7. The molecule has 6 nitrogen and oxygen atoms in total. The minimum Gasteiger partial charge on any atom is -0.390 e. The van der Waals surface area contributed by atoms with E-state index in [1.807, 2.05) is 42.8 Å². The Balaban J connectivity index is 1.73. The van der Waals surface area contributed by atoms with Crippen molar-refractivity contribution < 1.29 is 9.90 Å². The molecule has 1 aromatic heterocycles. The van der Waals surface area contributed by atoms with Gasteiger partial charge in [0.05, 0.1) is 11.1 Å². The molecule has 25 heavy (non-hydrogen) atoms. The highest BCUT2D eigenvalue weighted by Crippen LogP contribution is 2.23. The van der Waals surface area contributed by atoms with Crippen LogP contribution in [-0.2, 0) is 0 Å². The van der Waals surface area contributed by atoms with Crippen LogP contribution in [0.15, 0.2) is 24.3 Å². The molecule has 136 valence electrons. The molecule has 0 bridgehead atoms. The molecule has 2 atom stereocenters. The maximum Gasteiger partial charge on any atom is 0.272 e. The minimum atomic E-state index is -0.706. The molecule has 0 unspecified atom stereocenters. The Morgan fingerprint density at radius 1 is 1.44 bits per heavy atom. The van der Waals surface area contributed by atoms with Crippen molar-refractivity contribution in [2.75, 3.05) is 6.54 Å². The number of hydrogen-bond acceptors (Lipinski definition) is 4. The number of aliphatic hydroxyl groups is 1. The van der Waals surface area contributed by atoms with Gasteiger partial charge in [-0.2, -0.15) is 5.10 Å². The zero-order valence-electron chi connectivity index (χ0n) is 15.4. The first-order valence-corrected chi connectivity index (χ1v) is 8.98. The third-order valence-corrected chi connectivity index (χ3v) is 4.62. The monoisotopic (exact) mass is 344 g/mol. The lowest BCUT2D eigenvalue weighted by Crippen LogP contribution is -2.36. The topological polar surface area (TPSA) is 79.2 Å². The van der Waals surface area contributed by atoms with E-state index in [-0.39, 0.29) is 24.0 Å². The second kappa shape index (κ2) is 6.77. The van der Waals surface area contributed by atoms with Gasteiger partial charge < -0.3 is 15.7 Å². The number of nitrogens with one attached hydrogen (secondary N) is 2. The highest BCUT2D eigenvalue weighted by molar-refractivity contribution is 6.05. The van der Waals surface area contributed by atoms with Crippen molar-refractivity contribution in [1.29, 1.82) is 0 Å². The number of fused-ring (bicyclic) bond motifs is 1. The van der Waals surface area contributed by atoms with Crippen LogP contribution in [0.1, 0.15) is 57.1 Å². The molecule has 1 aromatic carbocycles. The quantitative estimate of drug-likeness (QED) is 0.777. The maximum atomic E-state index is 12.8. The summed E-state index contributed by atoms with van der Waals surface area (Å²) in [5.41, 5.74) is 0.755. The number of carbonyl (C=O) groups excluding carboxylic acids is 1. The van der Waals surface area contributed by atoms with Crippen LogP contribution in [-0.4, -0.2) is 45.0 Å². The van der Waals surface area contributed by atoms with E-state index in [1.165, 1.54) is 0 Å². The standard InChI is InChI=1S/C19H28N4O2/c1-12(2)23-16-8-6-5-7-15(16)17(22-23)18(24)21-14-9-13(20-11-14)10-19(3,4)25/h5-8,12-14,20,25H,9-11H2,1-4H3,(H,21,24)/t13-,14-/m0/s1. The molecule has 1 aliphatic rings. The van der Waals surface area contributed by atoms with Gasteiger partial charge >= 0.3 is 0 Å². The molecular formula is C19H28N4O2. The van der Waals surface area contributed by atoms with Gasteiger partial charge in [0.15, 0.2) is 5.69 Å². The van der Waals surface area contributed by atoms with E-state index < -0.39 is 5.60 Å². The SMILES string of the molecule is CC(C)n1nc(C(=O)N[C@@H]2CN[C@H](CC(C)(C)O)C2)c2ccccc21. The molecule has 0 aliphatic carbocycles. The summed E-state index contributed by atoms with van der Waals surface area (Å²) in [6.07, 6.45) is 1.49. The number of rotatable bonds is 5. The third kappa shape index (κ3) is 4.02. The van der Waals surface area contributed by atoms with E-state index in [9.17, 15) is 9.90 Å². The molecule has 1 aliphatic heterocycles.